The van der Waals surface area contributed by atoms with E-state index in [-0.39, 0.29) is 17.9 Å². The molecule has 0 saturated heterocycles. The van der Waals surface area contributed by atoms with Gasteiger partial charge in [0, 0.05) is 5.69 Å². The Morgan fingerprint density at radius 2 is 2.06 bits per heavy atom. The zero-order valence-corrected chi connectivity index (χ0v) is 8.48. The largest absolute Gasteiger partial charge is 0.477 e. The van der Waals surface area contributed by atoms with Gasteiger partial charge in [0.2, 0.25) is 0 Å². The molecule has 1 aliphatic carbocycles. The summed E-state index contributed by atoms with van der Waals surface area (Å²) in [5.74, 6) is -1.43. The van der Waals surface area contributed by atoms with Crippen molar-refractivity contribution >= 4 is 5.97 Å². The molecule has 16 heavy (non-hydrogen) atoms. The highest BCUT2D eigenvalue weighted by molar-refractivity contribution is 5.88. The van der Waals surface area contributed by atoms with E-state index < -0.39 is 23.4 Å². The predicted molar refractivity (Wildman–Crippen MR) is 49.3 cm³/mol. The Balaban J connectivity index is 2.60. The van der Waals surface area contributed by atoms with Crippen molar-refractivity contribution in [1.29, 1.82) is 0 Å². The monoisotopic (exact) mass is 233 g/mol. The zero-order valence-electron chi connectivity index (χ0n) is 8.48. The highest BCUT2D eigenvalue weighted by atomic mass is 19.4. The molecule has 0 bridgehead atoms. The molecule has 0 spiro atoms. The molecule has 0 radical (unpaired) electrons. The van der Waals surface area contributed by atoms with Crippen LogP contribution in [0.1, 0.15) is 34.2 Å². The van der Waals surface area contributed by atoms with E-state index in [1.807, 2.05) is 6.92 Å². The zero-order chi connectivity index (χ0) is 12.1. The maximum absolute atomic E-state index is 12.7. The standard InChI is InChI=1S/C10H10F3NO2/c1-4-2-5-6(3-4)14-8(9(15)16)7(5)10(11,12)13/h4,14H,2-3H2,1H3,(H,15,16). The van der Waals surface area contributed by atoms with E-state index in [1.54, 1.807) is 0 Å². The Morgan fingerprint density at radius 3 is 2.56 bits per heavy atom. The summed E-state index contributed by atoms with van der Waals surface area (Å²) in [5, 5.41) is 8.72. The first-order chi connectivity index (χ1) is 7.30. The first kappa shape index (κ1) is 11.0. The Hall–Kier alpha value is -1.46. The van der Waals surface area contributed by atoms with Crippen LogP contribution in [-0.4, -0.2) is 16.1 Å². The number of aromatic carboxylic acids is 1. The molecule has 0 fully saturated rings. The molecular weight excluding hydrogens is 223 g/mol. The van der Waals surface area contributed by atoms with Gasteiger partial charge in [-0.3, -0.25) is 0 Å². The smallest absolute Gasteiger partial charge is 0.419 e. The van der Waals surface area contributed by atoms with Crippen molar-refractivity contribution < 1.29 is 23.1 Å². The first-order valence-electron chi connectivity index (χ1n) is 4.85. The van der Waals surface area contributed by atoms with Gasteiger partial charge >= 0.3 is 12.1 Å². The lowest BCUT2D eigenvalue weighted by molar-refractivity contribution is -0.138. The summed E-state index contributed by atoms with van der Waals surface area (Å²) in [7, 11) is 0. The number of hydrogen-bond donors (Lipinski definition) is 2. The van der Waals surface area contributed by atoms with Crippen molar-refractivity contribution in [2.75, 3.05) is 0 Å². The Labute approximate surface area is 89.3 Å². The minimum absolute atomic E-state index is 0.123. The number of nitrogens with one attached hydrogen (secondary N) is 1. The van der Waals surface area contributed by atoms with Crippen LogP contribution in [-0.2, 0) is 19.0 Å². The first-order valence-corrected chi connectivity index (χ1v) is 4.85. The van der Waals surface area contributed by atoms with Crippen LogP contribution in [0.2, 0.25) is 0 Å². The Kier molecular flexibility index (Phi) is 2.25. The number of carbonyl (C=O) groups is 1. The number of carboxylic acids is 1. The highest BCUT2D eigenvalue weighted by Crippen LogP contribution is 2.40. The van der Waals surface area contributed by atoms with Gasteiger partial charge in [-0.1, -0.05) is 6.92 Å². The van der Waals surface area contributed by atoms with Crippen LogP contribution in [0, 0.1) is 5.92 Å². The van der Waals surface area contributed by atoms with Crippen molar-refractivity contribution in [2.24, 2.45) is 5.92 Å². The molecule has 3 nitrogen and oxygen atoms in total. The molecule has 0 saturated carbocycles. The van der Waals surface area contributed by atoms with Crippen LogP contribution < -0.4 is 0 Å². The van der Waals surface area contributed by atoms with Gasteiger partial charge in [0.05, 0.1) is 5.56 Å². The van der Waals surface area contributed by atoms with E-state index in [0.717, 1.165) is 0 Å². The number of fused-ring (bicyclic) bond motifs is 1. The summed E-state index contributed by atoms with van der Waals surface area (Å²) in [4.78, 5) is 13.1. The minimum atomic E-state index is -4.61. The average Bonchev–Trinajstić information content (AvgIpc) is 2.56. The van der Waals surface area contributed by atoms with Crippen molar-refractivity contribution in [3.8, 4) is 0 Å². The van der Waals surface area contributed by atoms with E-state index in [0.29, 0.717) is 12.1 Å². The van der Waals surface area contributed by atoms with Crippen LogP contribution >= 0.6 is 0 Å². The lowest BCUT2D eigenvalue weighted by Gasteiger charge is -2.09. The molecule has 0 aromatic carbocycles. The average molecular weight is 233 g/mol. The molecule has 1 aliphatic rings. The molecule has 0 amide bonds. The van der Waals surface area contributed by atoms with Gasteiger partial charge in [-0.15, -0.1) is 0 Å². The highest BCUT2D eigenvalue weighted by Gasteiger charge is 2.42. The molecular formula is C10H10F3NO2. The molecule has 1 aromatic rings. The van der Waals surface area contributed by atoms with Gasteiger partial charge in [0.25, 0.3) is 0 Å². The van der Waals surface area contributed by atoms with Gasteiger partial charge in [-0.25, -0.2) is 4.79 Å². The third-order valence-corrected chi connectivity index (χ3v) is 2.79. The minimum Gasteiger partial charge on any atom is -0.477 e. The molecule has 1 unspecified atom stereocenters. The van der Waals surface area contributed by atoms with Crippen LogP contribution in [0.25, 0.3) is 0 Å². The number of H-pyrrole nitrogens is 1. The molecule has 88 valence electrons. The number of aromatic amines is 1. The lowest BCUT2D eigenvalue weighted by Crippen LogP contribution is -2.14. The van der Waals surface area contributed by atoms with E-state index in [4.69, 9.17) is 5.11 Å². The van der Waals surface area contributed by atoms with Crippen LogP contribution in [0.15, 0.2) is 0 Å². The van der Waals surface area contributed by atoms with E-state index in [1.165, 1.54) is 0 Å². The van der Waals surface area contributed by atoms with Crippen LogP contribution in [0.3, 0.4) is 0 Å². The second kappa shape index (κ2) is 3.26. The SMILES string of the molecule is CC1Cc2[nH]c(C(=O)O)c(C(F)(F)F)c2C1. The van der Waals surface area contributed by atoms with Crippen molar-refractivity contribution in [1.82, 2.24) is 4.98 Å². The fraction of sp³-hybridized carbons (Fsp3) is 0.500. The fourth-order valence-corrected chi connectivity index (χ4v) is 2.23. The summed E-state index contributed by atoms with van der Waals surface area (Å²) in [5.41, 5.74) is -1.20. The van der Waals surface area contributed by atoms with Gasteiger partial charge in [-0.05, 0) is 24.3 Å². The fourth-order valence-electron chi connectivity index (χ4n) is 2.23. The number of halogens is 3. The molecule has 2 rings (SSSR count). The molecule has 0 aliphatic heterocycles. The van der Waals surface area contributed by atoms with Crippen LogP contribution in [0.5, 0.6) is 0 Å². The van der Waals surface area contributed by atoms with Crippen molar-refractivity contribution in [2.45, 2.75) is 25.9 Å². The van der Waals surface area contributed by atoms with Gasteiger partial charge in [0.1, 0.15) is 5.69 Å². The summed E-state index contributed by atoms with van der Waals surface area (Å²) >= 11 is 0. The normalized spacial score (nSPS) is 19.9. The predicted octanol–water partition coefficient (Wildman–Crippen LogP) is 2.47. The Bertz CT molecular complexity index is 448. The molecule has 1 atom stereocenters. The number of rotatable bonds is 1. The summed E-state index contributed by atoms with van der Waals surface area (Å²) < 4.78 is 38.2. The van der Waals surface area contributed by atoms with E-state index in [9.17, 15) is 18.0 Å². The summed E-state index contributed by atoms with van der Waals surface area (Å²) in [6.07, 6.45) is -3.85. The quantitative estimate of drug-likeness (QED) is 0.782. The van der Waals surface area contributed by atoms with Crippen LogP contribution in [0.4, 0.5) is 13.2 Å². The second-order valence-corrected chi connectivity index (χ2v) is 4.15. The maximum Gasteiger partial charge on any atom is 0.419 e. The second-order valence-electron chi connectivity index (χ2n) is 4.15. The molecule has 6 heteroatoms. The third kappa shape index (κ3) is 1.58. The Morgan fingerprint density at radius 1 is 1.44 bits per heavy atom. The van der Waals surface area contributed by atoms with E-state index >= 15 is 0 Å². The van der Waals surface area contributed by atoms with Crippen molar-refractivity contribution in [3.63, 3.8) is 0 Å². The van der Waals surface area contributed by atoms with E-state index in [2.05, 4.69) is 4.98 Å². The van der Waals surface area contributed by atoms with Crippen molar-refractivity contribution in [3.05, 3.63) is 22.5 Å². The maximum atomic E-state index is 12.7. The summed E-state index contributed by atoms with van der Waals surface area (Å²) in [6.45, 7) is 1.84. The number of hydrogen-bond acceptors (Lipinski definition) is 1. The van der Waals surface area contributed by atoms with Gasteiger partial charge < -0.3 is 10.1 Å². The third-order valence-electron chi connectivity index (χ3n) is 2.79. The summed E-state index contributed by atoms with van der Waals surface area (Å²) in [6, 6.07) is 0. The molecule has 1 heterocycles. The molecule has 2 N–H and O–H groups in total. The van der Waals surface area contributed by atoms with Gasteiger partial charge in [0.15, 0.2) is 0 Å². The van der Waals surface area contributed by atoms with Gasteiger partial charge in [-0.2, -0.15) is 13.2 Å². The number of aromatic nitrogens is 1. The lowest BCUT2D eigenvalue weighted by atomic mass is 10.0. The topological polar surface area (TPSA) is 53.1 Å². The number of alkyl halides is 3. The number of carboxylic acid groups (broad SMARTS) is 1. The molecule has 1 aromatic heterocycles.